The van der Waals surface area contributed by atoms with Gasteiger partial charge in [-0.15, -0.1) is 0 Å². The lowest BCUT2D eigenvalue weighted by molar-refractivity contribution is 0.180. The fourth-order valence-corrected chi connectivity index (χ4v) is 2.15. The molecule has 78 valence electrons. The molecule has 4 nitrogen and oxygen atoms in total. The van der Waals surface area contributed by atoms with Crippen molar-refractivity contribution >= 4 is 11.6 Å². The highest BCUT2D eigenvalue weighted by Gasteiger charge is 2.27. The van der Waals surface area contributed by atoms with Crippen LogP contribution in [0.15, 0.2) is 6.20 Å². The molecule has 0 saturated carbocycles. The van der Waals surface area contributed by atoms with Crippen molar-refractivity contribution in [3.8, 4) is 0 Å². The molecule has 1 aromatic rings. The SMILES string of the molecule is Cn1ncc(Cl)c1C(N)C1CCOC1. The average molecular weight is 216 g/mol. The minimum atomic E-state index is -0.0718. The first kappa shape index (κ1) is 9.96. The van der Waals surface area contributed by atoms with Crippen molar-refractivity contribution in [2.75, 3.05) is 13.2 Å². The normalized spacial score (nSPS) is 24.1. The molecule has 14 heavy (non-hydrogen) atoms. The lowest BCUT2D eigenvalue weighted by Gasteiger charge is -2.18. The molecule has 2 N–H and O–H groups in total. The number of nitrogens with two attached hydrogens (primary N) is 1. The molecule has 1 saturated heterocycles. The van der Waals surface area contributed by atoms with E-state index in [2.05, 4.69) is 5.10 Å². The highest BCUT2D eigenvalue weighted by molar-refractivity contribution is 6.31. The molecule has 1 fully saturated rings. The summed E-state index contributed by atoms with van der Waals surface area (Å²) in [5, 5.41) is 4.72. The van der Waals surface area contributed by atoms with Crippen LogP contribution in [0, 0.1) is 5.92 Å². The molecule has 1 aliphatic rings. The predicted octanol–water partition coefficient (Wildman–Crippen LogP) is 1.11. The van der Waals surface area contributed by atoms with Gasteiger partial charge in [-0.2, -0.15) is 5.10 Å². The van der Waals surface area contributed by atoms with Gasteiger partial charge in [-0.05, 0) is 6.42 Å². The monoisotopic (exact) mass is 215 g/mol. The van der Waals surface area contributed by atoms with E-state index in [4.69, 9.17) is 22.1 Å². The van der Waals surface area contributed by atoms with Crippen LogP contribution in [-0.2, 0) is 11.8 Å². The van der Waals surface area contributed by atoms with Gasteiger partial charge in [-0.1, -0.05) is 11.6 Å². The van der Waals surface area contributed by atoms with Crippen LogP contribution in [0.25, 0.3) is 0 Å². The van der Waals surface area contributed by atoms with Gasteiger partial charge in [0.25, 0.3) is 0 Å². The summed E-state index contributed by atoms with van der Waals surface area (Å²) in [5.74, 6) is 0.364. The number of nitrogens with zero attached hydrogens (tertiary/aromatic N) is 2. The van der Waals surface area contributed by atoms with Crippen LogP contribution in [0.1, 0.15) is 18.2 Å². The van der Waals surface area contributed by atoms with Gasteiger partial charge in [0, 0.05) is 19.6 Å². The van der Waals surface area contributed by atoms with Crippen molar-refractivity contribution in [1.82, 2.24) is 9.78 Å². The van der Waals surface area contributed by atoms with Crippen LogP contribution < -0.4 is 5.73 Å². The standard InChI is InChI=1S/C9H14ClN3O/c1-13-9(7(10)4-12-13)8(11)6-2-3-14-5-6/h4,6,8H,2-3,5,11H2,1H3. The van der Waals surface area contributed by atoms with Crippen LogP contribution in [0.2, 0.25) is 5.02 Å². The third kappa shape index (κ3) is 1.65. The second-order valence-electron chi connectivity index (χ2n) is 3.65. The number of ether oxygens (including phenoxy) is 1. The van der Waals surface area contributed by atoms with Crippen LogP contribution in [0.4, 0.5) is 0 Å². The lowest BCUT2D eigenvalue weighted by Crippen LogP contribution is -2.24. The second-order valence-corrected chi connectivity index (χ2v) is 4.06. The Bertz CT molecular complexity index is 300. The number of hydrogen-bond acceptors (Lipinski definition) is 3. The Kier molecular flexibility index (Phi) is 2.76. The minimum absolute atomic E-state index is 0.0718. The molecule has 0 aliphatic carbocycles. The van der Waals surface area contributed by atoms with Crippen LogP contribution in [-0.4, -0.2) is 23.0 Å². The number of rotatable bonds is 2. The molecule has 0 aromatic carbocycles. The Labute approximate surface area is 88.0 Å². The molecule has 1 aliphatic heterocycles. The Morgan fingerprint density at radius 2 is 2.57 bits per heavy atom. The molecule has 0 bridgehead atoms. The van der Waals surface area contributed by atoms with E-state index < -0.39 is 0 Å². The molecular weight excluding hydrogens is 202 g/mol. The van der Waals surface area contributed by atoms with Gasteiger partial charge in [-0.3, -0.25) is 4.68 Å². The highest BCUT2D eigenvalue weighted by Crippen LogP contribution is 2.30. The fraction of sp³-hybridized carbons (Fsp3) is 0.667. The number of halogens is 1. The van der Waals surface area contributed by atoms with Crippen molar-refractivity contribution in [1.29, 1.82) is 0 Å². The van der Waals surface area contributed by atoms with Crippen LogP contribution in [0.5, 0.6) is 0 Å². The highest BCUT2D eigenvalue weighted by atomic mass is 35.5. The number of aryl methyl sites for hydroxylation is 1. The van der Waals surface area contributed by atoms with E-state index in [1.807, 2.05) is 7.05 Å². The van der Waals surface area contributed by atoms with Gasteiger partial charge in [0.15, 0.2) is 0 Å². The summed E-state index contributed by atoms with van der Waals surface area (Å²) in [5.41, 5.74) is 7.03. The van der Waals surface area contributed by atoms with Gasteiger partial charge in [-0.25, -0.2) is 0 Å². The van der Waals surface area contributed by atoms with E-state index in [0.717, 1.165) is 25.3 Å². The summed E-state index contributed by atoms with van der Waals surface area (Å²) >= 11 is 6.01. The van der Waals surface area contributed by atoms with Crippen LogP contribution in [0.3, 0.4) is 0 Å². The van der Waals surface area contributed by atoms with Crippen molar-refractivity contribution < 1.29 is 4.74 Å². The summed E-state index contributed by atoms with van der Waals surface area (Å²) in [6.07, 6.45) is 2.63. The quantitative estimate of drug-likeness (QED) is 0.804. The van der Waals surface area contributed by atoms with Crippen molar-refractivity contribution in [2.45, 2.75) is 12.5 Å². The topological polar surface area (TPSA) is 53.1 Å². The number of aromatic nitrogens is 2. The van der Waals surface area contributed by atoms with Crippen molar-refractivity contribution in [2.24, 2.45) is 18.7 Å². The molecule has 2 unspecified atom stereocenters. The maximum Gasteiger partial charge on any atom is 0.0834 e. The summed E-state index contributed by atoms with van der Waals surface area (Å²) in [4.78, 5) is 0. The molecule has 2 atom stereocenters. The smallest absolute Gasteiger partial charge is 0.0834 e. The number of hydrogen-bond donors (Lipinski definition) is 1. The van der Waals surface area contributed by atoms with E-state index in [1.165, 1.54) is 0 Å². The molecule has 1 aromatic heterocycles. The summed E-state index contributed by atoms with van der Waals surface area (Å²) in [6, 6.07) is -0.0718. The van der Waals surface area contributed by atoms with E-state index in [9.17, 15) is 0 Å². The van der Waals surface area contributed by atoms with Gasteiger partial charge in [0.1, 0.15) is 0 Å². The molecule has 0 spiro atoms. The largest absolute Gasteiger partial charge is 0.381 e. The van der Waals surface area contributed by atoms with E-state index in [-0.39, 0.29) is 6.04 Å². The Hall–Kier alpha value is -0.580. The van der Waals surface area contributed by atoms with Crippen LogP contribution >= 0.6 is 11.6 Å². The molecule has 5 heteroatoms. The first-order chi connectivity index (χ1) is 6.70. The summed E-state index contributed by atoms with van der Waals surface area (Å²) in [7, 11) is 1.86. The molecule has 0 radical (unpaired) electrons. The van der Waals surface area contributed by atoms with Gasteiger partial charge >= 0.3 is 0 Å². The lowest BCUT2D eigenvalue weighted by atomic mass is 9.97. The molecule has 0 amide bonds. The van der Waals surface area contributed by atoms with E-state index in [0.29, 0.717) is 10.9 Å². The van der Waals surface area contributed by atoms with Gasteiger partial charge in [0.05, 0.1) is 29.6 Å². The maximum atomic E-state index is 6.12. The average Bonchev–Trinajstić information content (AvgIpc) is 2.75. The third-order valence-electron chi connectivity index (χ3n) is 2.73. The molecule has 2 rings (SSSR count). The van der Waals surface area contributed by atoms with E-state index in [1.54, 1.807) is 10.9 Å². The van der Waals surface area contributed by atoms with Crippen molar-refractivity contribution in [3.63, 3.8) is 0 Å². The first-order valence-corrected chi connectivity index (χ1v) is 5.08. The van der Waals surface area contributed by atoms with Crippen molar-refractivity contribution in [3.05, 3.63) is 16.9 Å². The van der Waals surface area contributed by atoms with Gasteiger partial charge in [0.2, 0.25) is 0 Å². The summed E-state index contributed by atoms with van der Waals surface area (Å²) < 4.78 is 7.04. The Morgan fingerprint density at radius 3 is 3.07 bits per heavy atom. The third-order valence-corrected chi connectivity index (χ3v) is 3.02. The van der Waals surface area contributed by atoms with E-state index >= 15 is 0 Å². The maximum absolute atomic E-state index is 6.12. The zero-order chi connectivity index (χ0) is 10.1. The zero-order valence-corrected chi connectivity index (χ0v) is 8.87. The van der Waals surface area contributed by atoms with Gasteiger partial charge < -0.3 is 10.5 Å². The Morgan fingerprint density at radius 1 is 1.79 bits per heavy atom. The fourth-order valence-electron chi connectivity index (χ4n) is 1.85. The first-order valence-electron chi connectivity index (χ1n) is 4.71. The predicted molar refractivity (Wildman–Crippen MR) is 54.1 cm³/mol. The Balaban J connectivity index is 2.21. The second kappa shape index (κ2) is 3.88. The minimum Gasteiger partial charge on any atom is -0.381 e. The molecule has 2 heterocycles. The molecular formula is C9H14ClN3O. The summed E-state index contributed by atoms with van der Waals surface area (Å²) in [6.45, 7) is 1.52. The zero-order valence-electron chi connectivity index (χ0n) is 8.11.